The number of rotatable bonds is 4. The summed E-state index contributed by atoms with van der Waals surface area (Å²) >= 11 is 3.37. The highest BCUT2D eigenvalue weighted by Gasteiger charge is 2.01. The van der Waals surface area contributed by atoms with Gasteiger partial charge in [0.1, 0.15) is 18.1 Å². The lowest BCUT2D eigenvalue weighted by Crippen LogP contribution is -1.94. The van der Waals surface area contributed by atoms with Crippen LogP contribution in [0.1, 0.15) is 0 Å². The molecule has 1 rings (SSSR count). The SMILES string of the molecule is C=CCOc1cc(OC)ccc1Br. The summed E-state index contributed by atoms with van der Waals surface area (Å²) in [5.41, 5.74) is 0. The lowest BCUT2D eigenvalue weighted by molar-refractivity contribution is 0.355. The molecule has 0 spiro atoms. The summed E-state index contributed by atoms with van der Waals surface area (Å²) in [6.45, 7) is 4.07. The van der Waals surface area contributed by atoms with Crippen molar-refractivity contribution in [2.24, 2.45) is 0 Å². The van der Waals surface area contributed by atoms with Gasteiger partial charge in [0, 0.05) is 6.07 Å². The van der Waals surface area contributed by atoms with E-state index < -0.39 is 0 Å². The van der Waals surface area contributed by atoms with Crippen LogP contribution in [0.3, 0.4) is 0 Å². The van der Waals surface area contributed by atoms with E-state index in [0.29, 0.717) is 6.61 Å². The average molecular weight is 243 g/mol. The lowest BCUT2D eigenvalue weighted by Gasteiger charge is -2.07. The number of benzene rings is 1. The first-order chi connectivity index (χ1) is 6.27. The van der Waals surface area contributed by atoms with Crippen molar-refractivity contribution >= 4 is 15.9 Å². The normalized spacial score (nSPS) is 9.38. The largest absolute Gasteiger partial charge is 0.497 e. The molecule has 0 atom stereocenters. The maximum absolute atomic E-state index is 5.38. The van der Waals surface area contributed by atoms with Crippen molar-refractivity contribution in [1.29, 1.82) is 0 Å². The van der Waals surface area contributed by atoms with Crippen molar-refractivity contribution < 1.29 is 9.47 Å². The Hall–Kier alpha value is -0.960. The van der Waals surface area contributed by atoms with Gasteiger partial charge in [-0.3, -0.25) is 0 Å². The Balaban J connectivity index is 2.83. The first kappa shape index (κ1) is 10.1. The van der Waals surface area contributed by atoms with Crippen molar-refractivity contribution in [2.75, 3.05) is 13.7 Å². The fourth-order valence-corrected chi connectivity index (χ4v) is 1.23. The van der Waals surface area contributed by atoms with Gasteiger partial charge >= 0.3 is 0 Å². The number of methoxy groups -OCH3 is 1. The average Bonchev–Trinajstić information content (AvgIpc) is 2.17. The summed E-state index contributed by atoms with van der Waals surface area (Å²) in [7, 11) is 1.63. The van der Waals surface area contributed by atoms with Gasteiger partial charge in [-0.15, -0.1) is 0 Å². The van der Waals surface area contributed by atoms with Crippen LogP contribution in [0.25, 0.3) is 0 Å². The number of ether oxygens (including phenoxy) is 2. The molecule has 0 saturated heterocycles. The molecule has 3 heteroatoms. The zero-order valence-corrected chi connectivity index (χ0v) is 9.00. The molecule has 0 unspecified atom stereocenters. The summed E-state index contributed by atoms with van der Waals surface area (Å²) in [5, 5.41) is 0. The highest BCUT2D eigenvalue weighted by molar-refractivity contribution is 9.10. The standard InChI is InChI=1S/C10H11BrO2/c1-3-6-13-10-7-8(12-2)4-5-9(10)11/h3-5,7H,1,6H2,2H3. The van der Waals surface area contributed by atoms with E-state index in [2.05, 4.69) is 22.5 Å². The van der Waals surface area contributed by atoms with Gasteiger partial charge in [0.05, 0.1) is 11.6 Å². The topological polar surface area (TPSA) is 18.5 Å². The third-order valence-electron chi connectivity index (χ3n) is 1.50. The van der Waals surface area contributed by atoms with Crippen LogP contribution in [0.4, 0.5) is 0 Å². The quantitative estimate of drug-likeness (QED) is 0.756. The highest BCUT2D eigenvalue weighted by Crippen LogP contribution is 2.29. The summed E-state index contributed by atoms with van der Waals surface area (Å²) in [6.07, 6.45) is 1.70. The van der Waals surface area contributed by atoms with Gasteiger partial charge in [-0.05, 0) is 28.1 Å². The maximum Gasteiger partial charge on any atom is 0.137 e. The smallest absolute Gasteiger partial charge is 0.137 e. The Morgan fingerprint density at radius 3 is 2.92 bits per heavy atom. The van der Waals surface area contributed by atoms with Gasteiger partial charge in [0.25, 0.3) is 0 Å². The van der Waals surface area contributed by atoms with Gasteiger partial charge in [-0.1, -0.05) is 12.7 Å². The highest BCUT2D eigenvalue weighted by atomic mass is 79.9. The Bertz CT molecular complexity index is 297. The first-order valence-corrected chi connectivity index (χ1v) is 4.64. The minimum atomic E-state index is 0.492. The van der Waals surface area contributed by atoms with E-state index in [1.807, 2.05) is 18.2 Å². The number of halogens is 1. The van der Waals surface area contributed by atoms with Crippen molar-refractivity contribution in [1.82, 2.24) is 0 Å². The van der Waals surface area contributed by atoms with E-state index in [1.165, 1.54) is 0 Å². The molecular weight excluding hydrogens is 232 g/mol. The van der Waals surface area contributed by atoms with E-state index in [0.717, 1.165) is 16.0 Å². The second-order valence-electron chi connectivity index (χ2n) is 2.40. The monoisotopic (exact) mass is 242 g/mol. The summed E-state index contributed by atoms with van der Waals surface area (Å²) in [4.78, 5) is 0. The zero-order valence-electron chi connectivity index (χ0n) is 7.42. The third-order valence-corrected chi connectivity index (χ3v) is 2.15. The molecule has 0 aromatic heterocycles. The molecule has 70 valence electrons. The molecule has 0 aliphatic carbocycles. The molecule has 13 heavy (non-hydrogen) atoms. The second-order valence-corrected chi connectivity index (χ2v) is 3.25. The van der Waals surface area contributed by atoms with E-state index >= 15 is 0 Å². The van der Waals surface area contributed by atoms with Gasteiger partial charge < -0.3 is 9.47 Å². The van der Waals surface area contributed by atoms with Crippen LogP contribution < -0.4 is 9.47 Å². The van der Waals surface area contributed by atoms with Crippen LogP contribution in [0.15, 0.2) is 35.3 Å². The van der Waals surface area contributed by atoms with Crippen LogP contribution in [0, 0.1) is 0 Å². The van der Waals surface area contributed by atoms with Gasteiger partial charge in [-0.25, -0.2) is 0 Å². The van der Waals surface area contributed by atoms with E-state index in [-0.39, 0.29) is 0 Å². The summed E-state index contributed by atoms with van der Waals surface area (Å²) in [5.74, 6) is 1.54. The second kappa shape index (κ2) is 4.92. The molecule has 1 aromatic carbocycles. The molecule has 0 bridgehead atoms. The lowest BCUT2D eigenvalue weighted by atomic mass is 10.3. The Kier molecular flexibility index (Phi) is 3.83. The summed E-state index contributed by atoms with van der Waals surface area (Å²) in [6, 6.07) is 5.58. The van der Waals surface area contributed by atoms with Crippen LogP contribution in [-0.2, 0) is 0 Å². The van der Waals surface area contributed by atoms with Crippen LogP contribution in [0.2, 0.25) is 0 Å². The Morgan fingerprint density at radius 2 is 2.31 bits per heavy atom. The van der Waals surface area contributed by atoms with Crippen molar-refractivity contribution in [3.63, 3.8) is 0 Å². The van der Waals surface area contributed by atoms with Crippen molar-refractivity contribution in [3.05, 3.63) is 35.3 Å². The van der Waals surface area contributed by atoms with E-state index in [1.54, 1.807) is 13.2 Å². The predicted molar refractivity (Wildman–Crippen MR) is 56.4 cm³/mol. The fourth-order valence-electron chi connectivity index (χ4n) is 0.870. The third kappa shape index (κ3) is 2.77. The minimum Gasteiger partial charge on any atom is -0.497 e. The molecule has 2 nitrogen and oxygen atoms in total. The number of hydrogen-bond acceptors (Lipinski definition) is 2. The molecule has 0 amide bonds. The van der Waals surface area contributed by atoms with Crippen molar-refractivity contribution in [2.45, 2.75) is 0 Å². The molecule has 0 aliphatic rings. The molecular formula is C10H11BrO2. The molecule has 0 saturated carbocycles. The van der Waals surface area contributed by atoms with Crippen molar-refractivity contribution in [3.8, 4) is 11.5 Å². The first-order valence-electron chi connectivity index (χ1n) is 3.85. The van der Waals surface area contributed by atoms with E-state index in [4.69, 9.17) is 9.47 Å². The van der Waals surface area contributed by atoms with Crippen LogP contribution in [0.5, 0.6) is 11.5 Å². The van der Waals surface area contributed by atoms with E-state index in [9.17, 15) is 0 Å². The van der Waals surface area contributed by atoms with Gasteiger partial charge in [0.2, 0.25) is 0 Å². The fraction of sp³-hybridized carbons (Fsp3) is 0.200. The predicted octanol–water partition coefficient (Wildman–Crippen LogP) is 3.02. The van der Waals surface area contributed by atoms with Crippen LogP contribution in [-0.4, -0.2) is 13.7 Å². The molecule has 0 heterocycles. The zero-order chi connectivity index (χ0) is 9.68. The Labute approximate surface area is 86.3 Å². The van der Waals surface area contributed by atoms with Gasteiger partial charge in [-0.2, -0.15) is 0 Å². The van der Waals surface area contributed by atoms with Gasteiger partial charge in [0.15, 0.2) is 0 Å². The maximum atomic E-state index is 5.38. The summed E-state index contributed by atoms with van der Waals surface area (Å²) < 4.78 is 11.4. The molecule has 0 radical (unpaired) electrons. The number of hydrogen-bond donors (Lipinski definition) is 0. The Morgan fingerprint density at radius 1 is 1.54 bits per heavy atom. The molecule has 0 N–H and O–H groups in total. The molecule has 1 aromatic rings. The van der Waals surface area contributed by atoms with Crippen LogP contribution >= 0.6 is 15.9 Å². The minimum absolute atomic E-state index is 0.492. The molecule has 0 fully saturated rings. The molecule has 0 aliphatic heterocycles.